The molecular formula is C21H20N2O6. The molecule has 8 heteroatoms. The summed E-state index contributed by atoms with van der Waals surface area (Å²) in [6.07, 6.45) is 1.47. The van der Waals surface area contributed by atoms with Gasteiger partial charge in [0.05, 0.1) is 0 Å². The molecule has 0 saturated heterocycles. The molecule has 1 aliphatic heterocycles. The summed E-state index contributed by atoms with van der Waals surface area (Å²) in [6, 6.07) is 13.9. The molecule has 29 heavy (non-hydrogen) atoms. The number of carbonyl (C=O) groups excluding carboxylic acids is 3. The molecule has 2 N–H and O–H groups in total. The maximum absolute atomic E-state index is 12.3. The van der Waals surface area contributed by atoms with Crippen molar-refractivity contribution in [2.45, 2.75) is 6.92 Å². The zero-order valence-corrected chi connectivity index (χ0v) is 15.8. The lowest BCUT2D eigenvalue weighted by Crippen LogP contribution is -2.28. The molecule has 150 valence electrons. The summed E-state index contributed by atoms with van der Waals surface area (Å²) in [5.74, 6) is -0.639. The lowest BCUT2D eigenvalue weighted by atomic mass is 10.2. The van der Waals surface area contributed by atoms with Crippen LogP contribution in [-0.2, 0) is 19.1 Å². The SMILES string of the molecule is CC(=O)N/C(=C\c1ccccc1)C(=O)OCC(=O)Nc1ccc2c(c1)OCCO2. The van der Waals surface area contributed by atoms with Crippen LogP contribution in [0.5, 0.6) is 11.5 Å². The van der Waals surface area contributed by atoms with Gasteiger partial charge in [-0.3, -0.25) is 9.59 Å². The Balaban J connectivity index is 1.59. The first kappa shape index (κ1) is 19.9. The Bertz CT molecular complexity index is 939. The van der Waals surface area contributed by atoms with Gasteiger partial charge < -0.3 is 24.8 Å². The average molecular weight is 396 g/mol. The number of fused-ring (bicyclic) bond motifs is 1. The minimum Gasteiger partial charge on any atom is -0.486 e. The van der Waals surface area contributed by atoms with Gasteiger partial charge in [-0.1, -0.05) is 30.3 Å². The minimum atomic E-state index is -0.818. The maximum Gasteiger partial charge on any atom is 0.355 e. The van der Waals surface area contributed by atoms with E-state index in [1.165, 1.54) is 13.0 Å². The molecule has 8 nitrogen and oxygen atoms in total. The number of anilines is 1. The van der Waals surface area contributed by atoms with Crippen molar-refractivity contribution in [2.24, 2.45) is 0 Å². The van der Waals surface area contributed by atoms with Gasteiger partial charge in [-0.25, -0.2) is 4.79 Å². The number of benzene rings is 2. The molecule has 0 radical (unpaired) electrons. The van der Waals surface area contributed by atoms with Crippen molar-refractivity contribution in [2.75, 3.05) is 25.1 Å². The third-order valence-electron chi connectivity index (χ3n) is 3.80. The van der Waals surface area contributed by atoms with Crippen molar-refractivity contribution in [3.63, 3.8) is 0 Å². The zero-order valence-electron chi connectivity index (χ0n) is 15.8. The van der Waals surface area contributed by atoms with Crippen molar-refractivity contribution in [3.05, 3.63) is 59.8 Å². The van der Waals surface area contributed by atoms with Gasteiger partial charge in [-0.2, -0.15) is 0 Å². The van der Waals surface area contributed by atoms with Gasteiger partial charge in [0.1, 0.15) is 18.9 Å². The molecule has 2 aromatic rings. The van der Waals surface area contributed by atoms with Crippen molar-refractivity contribution in [1.29, 1.82) is 0 Å². The predicted octanol–water partition coefficient (Wildman–Crippen LogP) is 2.12. The van der Waals surface area contributed by atoms with E-state index in [1.807, 2.05) is 6.07 Å². The van der Waals surface area contributed by atoms with E-state index < -0.39 is 24.4 Å². The number of rotatable bonds is 6. The van der Waals surface area contributed by atoms with Crippen LogP contribution in [0, 0.1) is 0 Å². The van der Waals surface area contributed by atoms with E-state index in [9.17, 15) is 14.4 Å². The van der Waals surface area contributed by atoms with Gasteiger partial charge in [0, 0.05) is 18.7 Å². The molecule has 1 aliphatic rings. The first-order valence-corrected chi connectivity index (χ1v) is 8.92. The molecule has 1 heterocycles. The van der Waals surface area contributed by atoms with Crippen LogP contribution in [0.15, 0.2) is 54.2 Å². The maximum atomic E-state index is 12.3. The van der Waals surface area contributed by atoms with Gasteiger partial charge in [0.25, 0.3) is 5.91 Å². The van der Waals surface area contributed by atoms with Crippen LogP contribution in [0.4, 0.5) is 5.69 Å². The Morgan fingerprint density at radius 1 is 1.03 bits per heavy atom. The number of amides is 2. The van der Waals surface area contributed by atoms with Crippen molar-refractivity contribution < 1.29 is 28.6 Å². The highest BCUT2D eigenvalue weighted by molar-refractivity contribution is 5.99. The lowest BCUT2D eigenvalue weighted by molar-refractivity contribution is -0.144. The van der Waals surface area contributed by atoms with Crippen LogP contribution in [0.2, 0.25) is 0 Å². The molecule has 0 fully saturated rings. The molecule has 0 aliphatic carbocycles. The van der Waals surface area contributed by atoms with E-state index in [2.05, 4.69) is 10.6 Å². The smallest absolute Gasteiger partial charge is 0.355 e. The first-order valence-electron chi connectivity index (χ1n) is 8.92. The van der Waals surface area contributed by atoms with Crippen molar-refractivity contribution >= 4 is 29.5 Å². The fourth-order valence-electron chi connectivity index (χ4n) is 2.58. The van der Waals surface area contributed by atoms with E-state index in [-0.39, 0.29) is 5.70 Å². The Hall–Kier alpha value is -3.81. The number of ether oxygens (including phenoxy) is 3. The number of hydrogen-bond donors (Lipinski definition) is 2. The number of nitrogens with one attached hydrogen (secondary N) is 2. The molecule has 0 spiro atoms. The quantitative estimate of drug-likeness (QED) is 0.573. The average Bonchev–Trinajstić information content (AvgIpc) is 2.72. The summed E-state index contributed by atoms with van der Waals surface area (Å²) < 4.78 is 15.9. The molecule has 0 bridgehead atoms. The van der Waals surface area contributed by atoms with Crippen LogP contribution < -0.4 is 20.1 Å². The van der Waals surface area contributed by atoms with Gasteiger partial charge >= 0.3 is 5.97 Å². The standard InChI is InChI=1S/C21H20N2O6/c1-14(24)22-17(11-15-5-3-2-4-6-15)21(26)29-13-20(25)23-16-7-8-18-19(12-16)28-10-9-27-18/h2-8,11-12H,9-10,13H2,1H3,(H,22,24)(H,23,25)/b17-11-. The molecular weight excluding hydrogens is 376 g/mol. The van der Waals surface area contributed by atoms with E-state index >= 15 is 0 Å². The second kappa shape index (κ2) is 9.41. The third kappa shape index (κ3) is 5.83. The summed E-state index contributed by atoms with van der Waals surface area (Å²) in [4.78, 5) is 35.8. The van der Waals surface area contributed by atoms with E-state index in [0.29, 0.717) is 36.0 Å². The normalized spacial score (nSPS) is 12.7. The molecule has 0 unspecified atom stereocenters. The van der Waals surface area contributed by atoms with Crippen LogP contribution in [-0.4, -0.2) is 37.6 Å². The van der Waals surface area contributed by atoms with E-state index in [1.54, 1.807) is 42.5 Å². The van der Waals surface area contributed by atoms with E-state index in [0.717, 1.165) is 0 Å². The topological polar surface area (TPSA) is 103 Å². The number of carbonyl (C=O) groups is 3. The lowest BCUT2D eigenvalue weighted by Gasteiger charge is -2.19. The molecule has 2 amide bonds. The first-order chi connectivity index (χ1) is 14.0. The Labute approximate surface area is 167 Å². The number of hydrogen-bond acceptors (Lipinski definition) is 6. The highest BCUT2D eigenvalue weighted by Crippen LogP contribution is 2.32. The van der Waals surface area contributed by atoms with Crippen LogP contribution in [0.3, 0.4) is 0 Å². The molecule has 0 aromatic heterocycles. The third-order valence-corrected chi connectivity index (χ3v) is 3.80. The molecule has 3 rings (SSSR count). The highest BCUT2D eigenvalue weighted by atomic mass is 16.6. The van der Waals surface area contributed by atoms with Gasteiger partial charge in [0.15, 0.2) is 18.1 Å². The number of esters is 1. The Morgan fingerprint density at radius 3 is 2.48 bits per heavy atom. The van der Waals surface area contributed by atoms with Gasteiger partial charge in [0.2, 0.25) is 5.91 Å². The Kier molecular flexibility index (Phi) is 6.47. The molecule has 2 aromatic carbocycles. The summed E-state index contributed by atoms with van der Waals surface area (Å²) in [6.45, 7) is 1.67. The highest BCUT2D eigenvalue weighted by Gasteiger charge is 2.16. The summed E-state index contributed by atoms with van der Waals surface area (Å²) in [5, 5.41) is 5.04. The fraction of sp³-hybridized carbons (Fsp3) is 0.190. The Morgan fingerprint density at radius 2 is 1.76 bits per heavy atom. The zero-order chi connectivity index (χ0) is 20.6. The van der Waals surface area contributed by atoms with Crippen LogP contribution >= 0.6 is 0 Å². The fourth-order valence-corrected chi connectivity index (χ4v) is 2.58. The summed E-state index contributed by atoms with van der Waals surface area (Å²) >= 11 is 0. The van der Waals surface area contributed by atoms with Gasteiger partial charge in [-0.15, -0.1) is 0 Å². The largest absolute Gasteiger partial charge is 0.486 e. The molecule has 0 atom stereocenters. The van der Waals surface area contributed by atoms with Crippen LogP contribution in [0.1, 0.15) is 12.5 Å². The second-order valence-electron chi connectivity index (χ2n) is 6.13. The monoisotopic (exact) mass is 396 g/mol. The molecule has 0 saturated carbocycles. The van der Waals surface area contributed by atoms with Gasteiger partial charge in [-0.05, 0) is 23.8 Å². The summed E-state index contributed by atoms with van der Waals surface area (Å²) in [5.41, 5.74) is 1.13. The predicted molar refractivity (Wildman–Crippen MR) is 105 cm³/mol. The van der Waals surface area contributed by atoms with Crippen molar-refractivity contribution in [1.82, 2.24) is 5.32 Å². The van der Waals surface area contributed by atoms with E-state index in [4.69, 9.17) is 14.2 Å². The minimum absolute atomic E-state index is 0.0594. The van der Waals surface area contributed by atoms with Crippen molar-refractivity contribution in [3.8, 4) is 11.5 Å². The second-order valence-corrected chi connectivity index (χ2v) is 6.13. The summed E-state index contributed by atoms with van der Waals surface area (Å²) in [7, 11) is 0. The van der Waals surface area contributed by atoms with Crippen LogP contribution in [0.25, 0.3) is 6.08 Å².